The number of hydrogen-bond donors (Lipinski definition) is 1. The molecular weight excluding hydrogens is 283 g/mol. The van der Waals surface area contributed by atoms with Crippen LogP contribution in [0.5, 0.6) is 0 Å². The minimum atomic E-state index is -2.87. The van der Waals surface area contributed by atoms with Gasteiger partial charge in [-0.1, -0.05) is 11.6 Å². The van der Waals surface area contributed by atoms with Gasteiger partial charge in [0.15, 0.2) is 0 Å². The van der Waals surface area contributed by atoms with E-state index in [1.54, 1.807) is 0 Å². The topological polar surface area (TPSA) is 50.2 Å². The van der Waals surface area contributed by atoms with Crippen LogP contribution in [0, 0.1) is 0 Å². The third-order valence-electron chi connectivity index (χ3n) is 1.45. The molecule has 1 N–H and O–H groups in total. The van der Waals surface area contributed by atoms with Crippen molar-refractivity contribution in [2.75, 3.05) is 0 Å². The zero-order chi connectivity index (χ0) is 10.9. The largest absolute Gasteiger partial charge is 0.478 e. The first kappa shape index (κ1) is 11.3. The number of carbonyl (C=O) groups is 1. The van der Waals surface area contributed by atoms with Crippen LogP contribution in [0.15, 0.2) is 10.8 Å². The SMILES string of the molecule is O=C(O)c1cnc(Br)c(C(F)F)c1Cl. The Morgan fingerprint density at radius 2 is 2.21 bits per heavy atom. The van der Waals surface area contributed by atoms with Gasteiger partial charge in [0.2, 0.25) is 0 Å². The molecule has 76 valence electrons. The molecule has 0 atom stereocenters. The molecule has 0 saturated carbocycles. The average Bonchev–Trinajstić information content (AvgIpc) is 2.02. The maximum Gasteiger partial charge on any atom is 0.338 e. The molecule has 1 rings (SSSR count). The van der Waals surface area contributed by atoms with Crippen LogP contribution < -0.4 is 0 Å². The number of hydrogen-bond acceptors (Lipinski definition) is 2. The summed E-state index contributed by atoms with van der Waals surface area (Å²) in [6.45, 7) is 0. The van der Waals surface area contributed by atoms with Crippen molar-refractivity contribution in [3.05, 3.63) is 26.9 Å². The van der Waals surface area contributed by atoms with E-state index in [2.05, 4.69) is 20.9 Å². The Kier molecular flexibility index (Phi) is 3.38. The summed E-state index contributed by atoms with van der Waals surface area (Å²) in [6.07, 6.45) is -1.95. The van der Waals surface area contributed by atoms with Gasteiger partial charge >= 0.3 is 5.97 Å². The van der Waals surface area contributed by atoms with E-state index in [0.717, 1.165) is 6.20 Å². The van der Waals surface area contributed by atoms with Gasteiger partial charge in [-0.15, -0.1) is 0 Å². The van der Waals surface area contributed by atoms with E-state index in [-0.39, 0.29) is 4.60 Å². The van der Waals surface area contributed by atoms with E-state index in [9.17, 15) is 13.6 Å². The lowest BCUT2D eigenvalue weighted by molar-refractivity contribution is 0.0696. The lowest BCUT2D eigenvalue weighted by atomic mass is 10.2. The molecule has 0 spiro atoms. The van der Waals surface area contributed by atoms with E-state index in [0.29, 0.717) is 0 Å². The minimum Gasteiger partial charge on any atom is -0.478 e. The lowest BCUT2D eigenvalue weighted by Gasteiger charge is -2.06. The number of aromatic nitrogens is 1. The Bertz CT molecular complexity index is 386. The molecule has 0 radical (unpaired) electrons. The van der Waals surface area contributed by atoms with Crippen LogP contribution in [0.1, 0.15) is 22.3 Å². The summed E-state index contributed by atoms with van der Waals surface area (Å²) in [5.41, 5.74) is -1.04. The Labute approximate surface area is 90.8 Å². The number of carboxylic acids is 1. The first-order valence-electron chi connectivity index (χ1n) is 3.30. The Morgan fingerprint density at radius 1 is 1.64 bits per heavy atom. The van der Waals surface area contributed by atoms with Gasteiger partial charge in [-0.05, 0) is 15.9 Å². The standard InChI is InChI=1S/C7H3BrClF2NO2/c8-5-3(6(10)11)4(9)2(1-12-5)7(13)14/h1,6H,(H,13,14). The molecule has 1 heterocycles. The maximum atomic E-state index is 12.4. The highest BCUT2D eigenvalue weighted by molar-refractivity contribution is 9.10. The highest BCUT2D eigenvalue weighted by atomic mass is 79.9. The van der Waals surface area contributed by atoms with Crippen molar-refractivity contribution in [1.82, 2.24) is 4.98 Å². The lowest BCUT2D eigenvalue weighted by Crippen LogP contribution is -2.03. The van der Waals surface area contributed by atoms with Crippen LogP contribution in [0.3, 0.4) is 0 Å². The second-order valence-corrected chi connectivity index (χ2v) is 3.43. The first-order valence-corrected chi connectivity index (χ1v) is 4.47. The molecule has 7 heteroatoms. The van der Waals surface area contributed by atoms with E-state index in [1.807, 2.05) is 0 Å². The summed E-state index contributed by atoms with van der Waals surface area (Å²) in [4.78, 5) is 14.0. The van der Waals surface area contributed by atoms with E-state index >= 15 is 0 Å². The highest BCUT2D eigenvalue weighted by Gasteiger charge is 2.22. The van der Waals surface area contributed by atoms with Crippen molar-refractivity contribution in [3.63, 3.8) is 0 Å². The number of nitrogens with zero attached hydrogens (tertiary/aromatic N) is 1. The zero-order valence-electron chi connectivity index (χ0n) is 6.47. The number of carboxylic acid groups (broad SMARTS) is 1. The zero-order valence-corrected chi connectivity index (χ0v) is 8.81. The van der Waals surface area contributed by atoms with Crippen LogP contribution in [0.4, 0.5) is 8.78 Å². The summed E-state index contributed by atoms with van der Waals surface area (Å²) in [5.74, 6) is -1.39. The average molecular weight is 286 g/mol. The van der Waals surface area contributed by atoms with E-state index in [4.69, 9.17) is 16.7 Å². The van der Waals surface area contributed by atoms with Crippen molar-refractivity contribution in [2.24, 2.45) is 0 Å². The maximum absolute atomic E-state index is 12.4. The Balaban J connectivity index is 3.41. The van der Waals surface area contributed by atoms with Gasteiger partial charge in [-0.3, -0.25) is 0 Å². The van der Waals surface area contributed by atoms with Gasteiger partial charge in [-0.2, -0.15) is 0 Å². The number of alkyl halides is 2. The minimum absolute atomic E-state index is 0.150. The fraction of sp³-hybridized carbons (Fsp3) is 0.143. The summed E-state index contributed by atoms with van der Waals surface area (Å²) >= 11 is 8.24. The molecule has 0 fully saturated rings. The second kappa shape index (κ2) is 4.18. The molecule has 0 amide bonds. The molecule has 0 aliphatic rings. The smallest absolute Gasteiger partial charge is 0.338 e. The third-order valence-corrected chi connectivity index (χ3v) is 2.49. The van der Waals surface area contributed by atoms with Crippen LogP contribution >= 0.6 is 27.5 Å². The van der Waals surface area contributed by atoms with Gasteiger partial charge in [-0.25, -0.2) is 18.6 Å². The molecule has 0 bridgehead atoms. The summed E-state index contributed by atoms with van der Waals surface area (Å²) < 4.78 is 24.6. The molecule has 0 aromatic carbocycles. The van der Waals surface area contributed by atoms with E-state index in [1.165, 1.54) is 0 Å². The van der Waals surface area contributed by atoms with Crippen molar-refractivity contribution < 1.29 is 18.7 Å². The predicted octanol–water partition coefficient (Wildman–Crippen LogP) is 3.13. The summed E-state index contributed by atoms with van der Waals surface area (Å²) in [5, 5.41) is 8.09. The first-order chi connectivity index (χ1) is 6.45. The van der Waals surface area contributed by atoms with Crippen molar-refractivity contribution in [2.45, 2.75) is 6.43 Å². The van der Waals surface area contributed by atoms with Crippen LogP contribution in [-0.2, 0) is 0 Å². The van der Waals surface area contributed by atoms with Crippen molar-refractivity contribution in [3.8, 4) is 0 Å². The number of halogens is 4. The molecular formula is C7H3BrClF2NO2. The van der Waals surface area contributed by atoms with Crippen molar-refractivity contribution in [1.29, 1.82) is 0 Å². The molecule has 0 saturated heterocycles. The molecule has 1 aromatic heterocycles. The fourth-order valence-corrected chi connectivity index (χ4v) is 1.71. The second-order valence-electron chi connectivity index (χ2n) is 2.30. The monoisotopic (exact) mass is 285 g/mol. The van der Waals surface area contributed by atoms with E-state index < -0.39 is 28.5 Å². The highest BCUT2D eigenvalue weighted by Crippen LogP contribution is 2.34. The van der Waals surface area contributed by atoms with Crippen LogP contribution in [-0.4, -0.2) is 16.1 Å². The quantitative estimate of drug-likeness (QED) is 0.850. The van der Waals surface area contributed by atoms with Gasteiger partial charge in [0, 0.05) is 6.20 Å². The molecule has 0 aliphatic heterocycles. The Hall–Kier alpha value is -0.750. The van der Waals surface area contributed by atoms with Crippen LogP contribution in [0.2, 0.25) is 5.02 Å². The predicted molar refractivity (Wildman–Crippen MR) is 48.9 cm³/mol. The van der Waals surface area contributed by atoms with Gasteiger partial charge in [0.1, 0.15) is 4.60 Å². The van der Waals surface area contributed by atoms with Gasteiger partial charge in [0.25, 0.3) is 6.43 Å². The Morgan fingerprint density at radius 3 is 2.64 bits per heavy atom. The molecule has 3 nitrogen and oxygen atoms in total. The molecule has 1 aromatic rings. The molecule has 14 heavy (non-hydrogen) atoms. The number of aromatic carboxylic acids is 1. The number of pyridine rings is 1. The van der Waals surface area contributed by atoms with Gasteiger partial charge < -0.3 is 5.11 Å². The van der Waals surface area contributed by atoms with Gasteiger partial charge in [0.05, 0.1) is 16.1 Å². The molecule has 0 unspecified atom stereocenters. The summed E-state index contributed by atoms with van der Waals surface area (Å²) in [7, 11) is 0. The summed E-state index contributed by atoms with van der Waals surface area (Å²) in [6, 6.07) is 0. The number of rotatable bonds is 2. The third kappa shape index (κ3) is 2.01. The van der Waals surface area contributed by atoms with Crippen molar-refractivity contribution >= 4 is 33.5 Å². The fourth-order valence-electron chi connectivity index (χ4n) is 0.818. The normalized spacial score (nSPS) is 10.6. The molecule has 0 aliphatic carbocycles. The van der Waals surface area contributed by atoms with Crippen LogP contribution in [0.25, 0.3) is 0 Å².